The van der Waals surface area contributed by atoms with Crippen LogP contribution in [0.5, 0.6) is 0 Å². The van der Waals surface area contributed by atoms with Gasteiger partial charge in [-0.05, 0) is 0 Å². The monoisotopic (exact) mass is 463 g/mol. The van der Waals surface area contributed by atoms with Crippen LogP contribution in [0.25, 0.3) is 5.69 Å². The van der Waals surface area contributed by atoms with Gasteiger partial charge in [-0.1, -0.05) is 0 Å². The zero-order valence-electron chi connectivity index (χ0n) is 9.35. The second-order valence-electron chi connectivity index (χ2n) is 4.03. The Kier molecular flexibility index (Phi) is 3.54. The molecule has 0 bridgehead atoms. The number of fused-ring (bicyclic) bond motifs is 1. The standard InChI is InChI=1S/C12H9I2N4/c13-14-17-7-10-6-16-18(12(10)8-17)11-3-1-9(5-15)2-4-11/h1-4,6H,7-8H2/q-1. The van der Waals surface area contributed by atoms with Crippen LogP contribution in [0.2, 0.25) is 0 Å². The van der Waals surface area contributed by atoms with Crippen LogP contribution >= 0.6 is 18.6 Å². The number of halogens is 2. The van der Waals surface area contributed by atoms with Gasteiger partial charge in [0.25, 0.3) is 0 Å². The van der Waals surface area contributed by atoms with E-state index < -0.39 is 0 Å². The maximum atomic E-state index is 8.80. The zero-order chi connectivity index (χ0) is 12.5. The van der Waals surface area contributed by atoms with Crippen molar-refractivity contribution in [1.82, 2.24) is 12.9 Å². The van der Waals surface area contributed by atoms with E-state index in [-0.39, 0.29) is 17.5 Å². The molecule has 0 N–H and O–H groups in total. The summed E-state index contributed by atoms with van der Waals surface area (Å²) in [4.78, 5) is 0. The van der Waals surface area contributed by atoms with E-state index in [9.17, 15) is 0 Å². The van der Waals surface area contributed by atoms with E-state index in [4.69, 9.17) is 5.26 Å². The Morgan fingerprint density at radius 1 is 1.28 bits per heavy atom. The van der Waals surface area contributed by atoms with Gasteiger partial charge in [0.15, 0.2) is 0 Å². The summed E-state index contributed by atoms with van der Waals surface area (Å²) in [6, 6.07) is 9.71. The summed E-state index contributed by atoms with van der Waals surface area (Å²) in [5, 5.41) is 13.3. The molecule has 0 fully saturated rings. The molecule has 0 amide bonds. The molecule has 6 heteroatoms. The average molecular weight is 463 g/mol. The van der Waals surface area contributed by atoms with E-state index in [0.717, 1.165) is 18.8 Å². The van der Waals surface area contributed by atoms with Crippen molar-refractivity contribution in [3.63, 3.8) is 0 Å². The van der Waals surface area contributed by atoms with Crippen LogP contribution in [0, 0.1) is 11.3 Å². The molecule has 4 nitrogen and oxygen atoms in total. The average Bonchev–Trinajstić information content (AvgIpc) is 2.98. The van der Waals surface area contributed by atoms with Crippen molar-refractivity contribution in [2.24, 2.45) is 0 Å². The van der Waals surface area contributed by atoms with Crippen LogP contribution in [0.4, 0.5) is 0 Å². The molecule has 3 rings (SSSR count). The molecule has 0 aliphatic carbocycles. The SMILES string of the molecule is N#Cc1ccc(-n2ncc3c2CN([I-]I)C3)cc1. The van der Waals surface area contributed by atoms with Crippen LogP contribution in [-0.4, -0.2) is 12.9 Å². The molecular formula is C12H9I2N4-. The Bertz CT molecular complexity index is 612. The molecule has 1 aromatic carbocycles. The summed E-state index contributed by atoms with van der Waals surface area (Å²) < 4.78 is 4.47. The van der Waals surface area contributed by atoms with Crippen molar-refractivity contribution in [2.75, 3.05) is 0 Å². The summed E-state index contributed by atoms with van der Waals surface area (Å²) in [6.07, 6.45) is 1.96. The minimum absolute atomic E-state index is 0.110. The first-order valence-corrected chi connectivity index (χ1v) is 12.6. The molecule has 0 spiro atoms. The van der Waals surface area contributed by atoms with Crippen molar-refractivity contribution in [3.05, 3.63) is 47.3 Å². The quantitative estimate of drug-likeness (QED) is 0.443. The predicted molar refractivity (Wildman–Crippen MR) is 71.5 cm³/mol. The van der Waals surface area contributed by atoms with Crippen LogP contribution in [-0.2, 0) is 13.1 Å². The van der Waals surface area contributed by atoms with Gasteiger partial charge in [0.05, 0.1) is 0 Å². The molecule has 1 aliphatic heterocycles. The fourth-order valence-electron chi connectivity index (χ4n) is 2.06. The number of hydrogen-bond acceptors (Lipinski definition) is 3. The molecule has 0 unspecified atom stereocenters. The number of nitrogens with zero attached hydrogens (tertiary/aromatic N) is 4. The number of hydrogen-bond donors (Lipinski definition) is 0. The number of rotatable bonds is 2. The molecule has 2 aromatic rings. The van der Waals surface area contributed by atoms with Gasteiger partial charge in [0, 0.05) is 0 Å². The van der Waals surface area contributed by atoms with Crippen molar-refractivity contribution in [1.29, 1.82) is 5.26 Å². The van der Waals surface area contributed by atoms with E-state index in [2.05, 4.69) is 32.9 Å². The Balaban J connectivity index is 1.97. The first-order valence-electron chi connectivity index (χ1n) is 5.39. The molecule has 18 heavy (non-hydrogen) atoms. The fourth-order valence-corrected chi connectivity index (χ4v) is 4.73. The Labute approximate surface area is 125 Å². The molecule has 0 atom stereocenters. The summed E-state index contributed by atoms with van der Waals surface area (Å²) in [5.41, 5.74) is 4.33. The van der Waals surface area contributed by atoms with E-state index >= 15 is 0 Å². The van der Waals surface area contributed by atoms with Gasteiger partial charge in [-0.3, -0.25) is 0 Å². The zero-order valence-corrected chi connectivity index (χ0v) is 13.7. The summed E-state index contributed by atoms with van der Waals surface area (Å²) in [6.45, 7) is 2.02. The van der Waals surface area contributed by atoms with Crippen molar-refractivity contribution in [3.8, 4) is 11.8 Å². The van der Waals surface area contributed by atoms with E-state index in [1.54, 1.807) is 0 Å². The predicted octanol–water partition coefficient (Wildman–Crippen LogP) is -0.586. The third kappa shape index (κ3) is 2.15. The second-order valence-corrected chi connectivity index (χ2v) is 8.21. The van der Waals surface area contributed by atoms with Gasteiger partial charge >= 0.3 is 126 Å². The fraction of sp³-hybridized carbons (Fsp3) is 0.167. The molecule has 0 radical (unpaired) electrons. The van der Waals surface area contributed by atoms with Crippen LogP contribution < -0.4 is 17.5 Å². The molecule has 2 heterocycles. The van der Waals surface area contributed by atoms with Crippen LogP contribution in [0.1, 0.15) is 16.8 Å². The van der Waals surface area contributed by atoms with E-state index in [1.807, 2.05) is 35.1 Å². The van der Waals surface area contributed by atoms with Gasteiger partial charge in [-0.2, -0.15) is 0 Å². The van der Waals surface area contributed by atoms with Crippen molar-refractivity contribution in [2.45, 2.75) is 13.1 Å². The summed E-state index contributed by atoms with van der Waals surface area (Å²) >= 11 is 2.60. The third-order valence-corrected chi connectivity index (χ3v) is 7.61. The first kappa shape index (κ1) is 12.4. The van der Waals surface area contributed by atoms with Gasteiger partial charge in [-0.25, -0.2) is 0 Å². The number of aromatic nitrogens is 2. The first-order chi connectivity index (χ1) is 8.81. The molecule has 92 valence electrons. The summed E-state index contributed by atoms with van der Waals surface area (Å²) in [7, 11) is 0. The normalized spacial score (nSPS) is 14.7. The topological polar surface area (TPSA) is 44.9 Å². The summed E-state index contributed by atoms with van der Waals surface area (Å²) in [5.74, 6) is 0. The van der Waals surface area contributed by atoms with Gasteiger partial charge in [-0.15, -0.1) is 0 Å². The van der Waals surface area contributed by atoms with E-state index in [0.29, 0.717) is 5.56 Å². The van der Waals surface area contributed by atoms with Gasteiger partial charge in [0.1, 0.15) is 0 Å². The van der Waals surface area contributed by atoms with Crippen molar-refractivity contribution >= 4 is 18.6 Å². The maximum absolute atomic E-state index is 8.80. The molecular weight excluding hydrogens is 454 g/mol. The third-order valence-electron chi connectivity index (χ3n) is 2.95. The number of benzene rings is 1. The Morgan fingerprint density at radius 2 is 2.06 bits per heavy atom. The van der Waals surface area contributed by atoms with Crippen LogP contribution in [0.3, 0.4) is 0 Å². The number of nitriles is 1. The minimum atomic E-state index is 0.110. The van der Waals surface area contributed by atoms with Crippen molar-refractivity contribution < 1.29 is 17.5 Å². The molecule has 0 saturated carbocycles. The second kappa shape index (κ2) is 5.14. The Hall–Kier alpha value is -0.660. The van der Waals surface area contributed by atoms with Crippen LogP contribution in [0.15, 0.2) is 30.5 Å². The van der Waals surface area contributed by atoms with Gasteiger partial charge in [0.2, 0.25) is 0 Å². The van der Waals surface area contributed by atoms with Gasteiger partial charge < -0.3 is 0 Å². The Morgan fingerprint density at radius 3 is 2.72 bits per heavy atom. The molecule has 0 saturated heterocycles. The molecule has 1 aliphatic rings. The molecule has 1 aromatic heterocycles. The van der Waals surface area contributed by atoms with E-state index in [1.165, 1.54) is 11.3 Å².